The fourth-order valence-corrected chi connectivity index (χ4v) is 4.11. The molecule has 0 fully saturated rings. The van der Waals surface area contributed by atoms with E-state index in [4.69, 9.17) is 0 Å². The van der Waals surface area contributed by atoms with Gasteiger partial charge in [-0.1, -0.05) is 38.8 Å². The van der Waals surface area contributed by atoms with Gasteiger partial charge in [0.15, 0.2) is 0 Å². The van der Waals surface area contributed by atoms with Gasteiger partial charge >= 0.3 is 0 Å². The van der Waals surface area contributed by atoms with Gasteiger partial charge in [0.05, 0.1) is 0 Å². The van der Waals surface area contributed by atoms with Crippen LogP contribution in [0.3, 0.4) is 0 Å². The Morgan fingerprint density at radius 2 is 2.00 bits per heavy atom. The van der Waals surface area contributed by atoms with Crippen LogP contribution in [0.5, 0.6) is 0 Å². The largest absolute Gasteiger partial charge is 0.300 e. The first-order chi connectivity index (χ1) is 8.24. The molecule has 0 aromatic rings. The Balaban J connectivity index is 2.32. The molecule has 0 amide bonds. The van der Waals surface area contributed by atoms with Gasteiger partial charge in [-0.15, -0.1) is 0 Å². The third-order valence-electron chi connectivity index (χ3n) is 5.50. The Kier molecular flexibility index (Phi) is 3.46. The van der Waals surface area contributed by atoms with E-state index in [9.17, 15) is 4.79 Å². The number of carbonyl (C=O) groups excluding carboxylic acids is 1. The van der Waals surface area contributed by atoms with Crippen LogP contribution in [-0.4, -0.2) is 5.78 Å². The summed E-state index contributed by atoms with van der Waals surface area (Å²) in [6.45, 7) is 11.2. The maximum absolute atomic E-state index is 11.6. The summed E-state index contributed by atoms with van der Waals surface area (Å²) in [4.78, 5) is 11.6. The molecule has 2 atom stereocenters. The highest BCUT2D eigenvalue weighted by atomic mass is 16.1. The predicted octanol–water partition coefficient (Wildman–Crippen LogP) is 4.91. The fraction of sp³-hybridized carbons (Fsp3) is 0.824. The Labute approximate surface area is 112 Å². The van der Waals surface area contributed by atoms with E-state index in [-0.39, 0.29) is 5.41 Å². The molecule has 0 saturated carbocycles. The molecule has 0 radical (unpaired) electrons. The van der Waals surface area contributed by atoms with Crippen LogP contribution in [0, 0.1) is 16.7 Å². The fourth-order valence-electron chi connectivity index (χ4n) is 4.11. The number of rotatable bonds is 2. The van der Waals surface area contributed by atoms with E-state index in [1.54, 1.807) is 18.1 Å². The minimum atomic E-state index is 0.194. The van der Waals surface area contributed by atoms with Crippen LogP contribution < -0.4 is 0 Å². The molecule has 102 valence electrons. The van der Waals surface area contributed by atoms with Crippen molar-refractivity contribution in [2.24, 2.45) is 16.7 Å². The molecule has 2 unspecified atom stereocenters. The second-order valence-electron chi connectivity index (χ2n) is 7.63. The van der Waals surface area contributed by atoms with Crippen molar-refractivity contribution in [3.8, 4) is 0 Å². The molecule has 18 heavy (non-hydrogen) atoms. The summed E-state index contributed by atoms with van der Waals surface area (Å²) in [5.74, 6) is 0.996. The molecule has 0 aliphatic heterocycles. The molecule has 0 saturated heterocycles. The van der Waals surface area contributed by atoms with E-state index < -0.39 is 0 Å². The monoisotopic (exact) mass is 248 g/mol. The van der Waals surface area contributed by atoms with Crippen molar-refractivity contribution in [1.82, 2.24) is 0 Å². The predicted molar refractivity (Wildman–Crippen MR) is 76.5 cm³/mol. The maximum Gasteiger partial charge on any atom is 0.130 e. The average Bonchev–Trinajstić information content (AvgIpc) is 2.20. The number of hydrogen-bond acceptors (Lipinski definition) is 1. The summed E-state index contributed by atoms with van der Waals surface area (Å²) < 4.78 is 0. The second-order valence-corrected chi connectivity index (χ2v) is 7.63. The molecule has 1 nitrogen and oxygen atoms in total. The summed E-state index contributed by atoms with van der Waals surface area (Å²) in [5, 5.41) is 0. The Morgan fingerprint density at radius 1 is 1.33 bits per heavy atom. The van der Waals surface area contributed by atoms with Crippen LogP contribution in [-0.2, 0) is 4.79 Å². The number of Topliss-reactive ketones (excluding diaryl/α,β-unsaturated/α-hetero) is 1. The van der Waals surface area contributed by atoms with Crippen molar-refractivity contribution in [2.75, 3.05) is 0 Å². The third-order valence-corrected chi connectivity index (χ3v) is 5.50. The molecule has 0 aromatic carbocycles. The van der Waals surface area contributed by atoms with Crippen molar-refractivity contribution in [2.45, 2.75) is 73.1 Å². The van der Waals surface area contributed by atoms with Gasteiger partial charge < -0.3 is 4.79 Å². The molecular weight excluding hydrogens is 220 g/mol. The van der Waals surface area contributed by atoms with Crippen molar-refractivity contribution in [3.05, 3.63) is 11.1 Å². The lowest BCUT2D eigenvalue weighted by Gasteiger charge is -2.48. The average molecular weight is 248 g/mol. The summed E-state index contributed by atoms with van der Waals surface area (Å²) >= 11 is 0. The summed E-state index contributed by atoms with van der Waals surface area (Å²) in [7, 11) is 0. The molecule has 0 aromatic heterocycles. The zero-order chi connectivity index (χ0) is 13.6. The first kappa shape index (κ1) is 13.8. The Morgan fingerprint density at radius 3 is 2.61 bits per heavy atom. The molecule has 2 aliphatic rings. The van der Waals surface area contributed by atoms with Gasteiger partial charge in [-0.25, -0.2) is 0 Å². The highest BCUT2D eigenvalue weighted by molar-refractivity contribution is 5.76. The topological polar surface area (TPSA) is 17.1 Å². The SMILES string of the molecule is CC(=O)CC1(C)CC2=C(CCCC2(C)C)CC1C. The maximum atomic E-state index is 11.6. The highest BCUT2D eigenvalue weighted by Gasteiger charge is 2.42. The van der Waals surface area contributed by atoms with Gasteiger partial charge in [0, 0.05) is 6.42 Å². The lowest BCUT2D eigenvalue weighted by molar-refractivity contribution is -0.120. The van der Waals surface area contributed by atoms with Crippen LogP contribution in [0.2, 0.25) is 0 Å². The minimum absolute atomic E-state index is 0.194. The quantitative estimate of drug-likeness (QED) is 0.635. The van der Waals surface area contributed by atoms with E-state index in [2.05, 4.69) is 27.7 Å². The van der Waals surface area contributed by atoms with Crippen molar-refractivity contribution >= 4 is 5.78 Å². The molecular formula is C17H28O. The Hall–Kier alpha value is -0.590. The van der Waals surface area contributed by atoms with Gasteiger partial charge in [-0.2, -0.15) is 0 Å². The highest BCUT2D eigenvalue weighted by Crippen LogP contribution is 2.54. The van der Waals surface area contributed by atoms with Crippen LogP contribution in [0.1, 0.15) is 73.1 Å². The van der Waals surface area contributed by atoms with Crippen molar-refractivity contribution < 1.29 is 4.79 Å². The number of allylic oxidation sites excluding steroid dienone is 2. The lowest BCUT2D eigenvalue weighted by atomic mass is 9.57. The van der Waals surface area contributed by atoms with Crippen LogP contribution in [0.15, 0.2) is 11.1 Å². The molecule has 1 heteroatoms. The summed E-state index contributed by atoms with van der Waals surface area (Å²) in [6, 6.07) is 0. The molecule has 2 aliphatic carbocycles. The summed E-state index contributed by atoms with van der Waals surface area (Å²) in [6.07, 6.45) is 7.09. The van der Waals surface area contributed by atoms with Crippen LogP contribution >= 0.6 is 0 Å². The van der Waals surface area contributed by atoms with E-state index in [1.165, 1.54) is 25.7 Å². The van der Waals surface area contributed by atoms with E-state index in [0.717, 1.165) is 12.8 Å². The molecule has 0 heterocycles. The third kappa shape index (κ3) is 2.41. The first-order valence-corrected chi connectivity index (χ1v) is 7.45. The number of carbonyl (C=O) groups is 1. The van der Waals surface area contributed by atoms with Gasteiger partial charge in [-0.05, 0) is 55.8 Å². The zero-order valence-corrected chi connectivity index (χ0v) is 12.7. The zero-order valence-electron chi connectivity index (χ0n) is 12.7. The Bertz CT molecular complexity index is 388. The van der Waals surface area contributed by atoms with Crippen LogP contribution in [0.4, 0.5) is 0 Å². The number of hydrogen-bond donors (Lipinski definition) is 0. The smallest absolute Gasteiger partial charge is 0.130 e. The molecule has 0 spiro atoms. The normalized spacial score (nSPS) is 35.3. The van der Waals surface area contributed by atoms with Gasteiger partial charge in [0.2, 0.25) is 0 Å². The van der Waals surface area contributed by atoms with Crippen molar-refractivity contribution in [3.63, 3.8) is 0 Å². The van der Waals surface area contributed by atoms with Crippen molar-refractivity contribution in [1.29, 1.82) is 0 Å². The van der Waals surface area contributed by atoms with E-state index >= 15 is 0 Å². The van der Waals surface area contributed by atoms with E-state index in [0.29, 0.717) is 17.1 Å². The van der Waals surface area contributed by atoms with Gasteiger partial charge in [-0.3, -0.25) is 0 Å². The van der Waals surface area contributed by atoms with E-state index in [1.807, 2.05) is 0 Å². The number of ketones is 1. The molecule has 2 rings (SSSR count). The van der Waals surface area contributed by atoms with Crippen LogP contribution in [0.25, 0.3) is 0 Å². The second kappa shape index (κ2) is 4.51. The molecule has 0 bridgehead atoms. The molecule has 0 N–H and O–H groups in total. The van der Waals surface area contributed by atoms with Gasteiger partial charge in [0.1, 0.15) is 5.78 Å². The lowest BCUT2D eigenvalue weighted by Crippen LogP contribution is -2.37. The first-order valence-electron chi connectivity index (χ1n) is 7.45. The van der Waals surface area contributed by atoms with Gasteiger partial charge in [0.25, 0.3) is 0 Å². The standard InChI is InChI=1S/C17H28O/c1-12-9-14-7-6-8-16(3,4)15(14)11-17(12,5)10-13(2)18/h12H,6-11H2,1-5H3. The summed E-state index contributed by atoms with van der Waals surface area (Å²) in [5.41, 5.74) is 3.97. The minimum Gasteiger partial charge on any atom is -0.300 e.